The standard InChI is InChI=1S/C24H23N3O5/c1-16(2)15-25-24(29)21(26-23(28)17-7-4-3-5-8-17)14-20-11-12-22(32-20)18-9-6-10-19(13-18)27(30)31/h3-14,16H,15H2,1-2H3,(H,25,29)(H,26,28). The fraction of sp³-hybridized carbons (Fsp3) is 0.167. The van der Waals surface area contributed by atoms with Crippen LogP contribution < -0.4 is 10.6 Å². The molecule has 3 rings (SSSR count). The molecule has 2 aromatic carbocycles. The fourth-order valence-electron chi connectivity index (χ4n) is 2.84. The lowest BCUT2D eigenvalue weighted by Gasteiger charge is -2.12. The van der Waals surface area contributed by atoms with Crippen molar-refractivity contribution < 1.29 is 18.9 Å². The van der Waals surface area contributed by atoms with Gasteiger partial charge in [0.2, 0.25) is 0 Å². The zero-order chi connectivity index (χ0) is 23.1. The summed E-state index contributed by atoms with van der Waals surface area (Å²) < 4.78 is 5.77. The van der Waals surface area contributed by atoms with Crippen LogP contribution in [0.25, 0.3) is 17.4 Å². The summed E-state index contributed by atoms with van der Waals surface area (Å²) in [6.45, 7) is 4.36. The lowest BCUT2D eigenvalue weighted by atomic mass is 10.1. The second-order valence-electron chi connectivity index (χ2n) is 7.49. The van der Waals surface area contributed by atoms with Gasteiger partial charge in [-0.3, -0.25) is 19.7 Å². The van der Waals surface area contributed by atoms with Crippen LogP contribution in [0, 0.1) is 16.0 Å². The summed E-state index contributed by atoms with van der Waals surface area (Å²) in [7, 11) is 0. The van der Waals surface area contributed by atoms with Gasteiger partial charge in [-0.15, -0.1) is 0 Å². The second kappa shape index (κ2) is 10.2. The highest BCUT2D eigenvalue weighted by Gasteiger charge is 2.16. The molecule has 164 valence electrons. The maximum absolute atomic E-state index is 12.7. The molecule has 0 saturated carbocycles. The molecule has 0 spiro atoms. The third-order valence-corrected chi connectivity index (χ3v) is 4.45. The molecular weight excluding hydrogens is 410 g/mol. The van der Waals surface area contributed by atoms with E-state index in [0.29, 0.717) is 29.2 Å². The Bertz CT molecular complexity index is 1150. The number of hydrogen-bond donors (Lipinski definition) is 2. The van der Waals surface area contributed by atoms with Crippen molar-refractivity contribution in [2.75, 3.05) is 6.54 Å². The lowest BCUT2D eigenvalue weighted by Crippen LogP contribution is -2.36. The molecule has 8 nitrogen and oxygen atoms in total. The van der Waals surface area contributed by atoms with E-state index in [9.17, 15) is 19.7 Å². The number of carbonyl (C=O) groups excluding carboxylic acids is 2. The van der Waals surface area contributed by atoms with Crippen molar-refractivity contribution in [3.05, 3.63) is 93.9 Å². The molecule has 1 heterocycles. The average Bonchev–Trinajstić information content (AvgIpc) is 3.26. The summed E-state index contributed by atoms with van der Waals surface area (Å²) in [5, 5.41) is 16.4. The number of nitro benzene ring substituents is 1. The van der Waals surface area contributed by atoms with Gasteiger partial charge in [0.1, 0.15) is 17.2 Å². The topological polar surface area (TPSA) is 114 Å². The van der Waals surface area contributed by atoms with Crippen LogP contribution >= 0.6 is 0 Å². The van der Waals surface area contributed by atoms with Gasteiger partial charge in [0, 0.05) is 35.9 Å². The highest BCUT2D eigenvalue weighted by atomic mass is 16.6. The molecule has 1 aromatic heterocycles. The van der Waals surface area contributed by atoms with Gasteiger partial charge < -0.3 is 15.1 Å². The monoisotopic (exact) mass is 433 g/mol. The molecule has 0 saturated heterocycles. The van der Waals surface area contributed by atoms with Gasteiger partial charge in [0.15, 0.2) is 0 Å². The number of nitro groups is 1. The molecular formula is C24H23N3O5. The Morgan fingerprint density at radius 2 is 1.81 bits per heavy atom. The van der Waals surface area contributed by atoms with Crippen molar-refractivity contribution in [1.29, 1.82) is 0 Å². The number of rotatable bonds is 8. The first kappa shape index (κ1) is 22.5. The molecule has 0 radical (unpaired) electrons. The first-order chi connectivity index (χ1) is 15.3. The van der Waals surface area contributed by atoms with Crippen LogP contribution in [0.3, 0.4) is 0 Å². The van der Waals surface area contributed by atoms with E-state index in [4.69, 9.17) is 4.42 Å². The molecule has 0 bridgehead atoms. The van der Waals surface area contributed by atoms with E-state index < -0.39 is 16.7 Å². The minimum atomic E-state index is -0.483. The average molecular weight is 433 g/mol. The van der Waals surface area contributed by atoms with Crippen LogP contribution in [-0.4, -0.2) is 23.3 Å². The number of nitrogens with one attached hydrogen (secondary N) is 2. The minimum absolute atomic E-state index is 0.0273. The van der Waals surface area contributed by atoms with Crippen LogP contribution in [0.15, 0.2) is 76.8 Å². The number of hydrogen-bond acceptors (Lipinski definition) is 5. The highest BCUT2D eigenvalue weighted by Crippen LogP contribution is 2.26. The van der Waals surface area contributed by atoms with Gasteiger partial charge in [-0.25, -0.2) is 0 Å². The van der Waals surface area contributed by atoms with E-state index in [-0.39, 0.29) is 17.3 Å². The van der Waals surface area contributed by atoms with E-state index in [1.165, 1.54) is 18.2 Å². The van der Waals surface area contributed by atoms with E-state index in [1.54, 1.807) is 54.6 Å². The summed E-state index contributed by atoms with van der Waals surface area (Å²) in [6, 6.07) is 17.9. The van der Waals surface area contributed by atoms with Crippen LogP contribution in [0.5, 0.6) is 0 Å². The van der Waals surface area contributed by atoms with Gasteiger partial charge in [0.25, 0.3) is 17.5 Å². The molecule has 0 fully saturated rings. The zero-order valence-electron chi connectivity index (χ0n) is 17.7. The summed E-state index contributed by atoms with van der Waals surface area (Å²) in [4.78, 5) is 35.8. The number of amides is 2. The number of furan rings is 1. The SMILES string of the molecule is CC(C)CNC(=O)C(=Cc1ccc(-c2cccc([N+](=O)[O-])c2)o1)NC(=O)c1ccccc1. The van der Waals surface area contributed by atoms with E-state index >= 15 is 0 Å². The smallest absolute Gasteiger partial charge is 0.270 e. The number of non-ortho nitro benzene ring substituents is 1. The fourth-order valence-corrected chi connectivity index (χ4v) is 2.84. The van der Waals surface area contributed by atoms with E-state index in [1.807, 2.05) is 13.8 Å². The maximum atomic E-state index is 12.7. The molecule has 2 N–H and O–H groups in total. The van der Waals surface area contributed by atoms with Gasteiger partial charge in [-0.05, 0) is 30.2 Å². The molecule has 0 aliphatic heterocycles. The van der Waals surface area contributed by atoms with Gasteiger partial charge in [0.05, 0.1) is 4.92 Å². The van der Waals surface area contributed by atoms with E-state index in [2.05, 4.69) is 10.6 Å². The maximum Gasteiger partial charge on any atom is 0.270 e. The van der Waals surface area contributed by atoms with Gasteiger partial charge in [-0.1, -0.05) is 44.2 Å². The summed E-state index contributed by atoms with van der Waals surface area (Å²) in [5.74, 6) is 0.0678. The molecule has 0 atom stereocenters. The predicted octanol–water partition coefficient (Wildman–Crippen LogP) is 4.40. The third-order valence-electron chi connectivity index (χ3n) is 4.45. The molecule has 32 heavy (non-hydrogen) atoms. The van der Waals surface area contributed by atoms with Crippen molar-refractivity contribution in [3.8, 4) is 11.3 Å². The Balaban J connectivity index is 1.88. The Kier molecular flexibility index (Phi) is 7.17. The van der Waals surface area contributed by atoms with E-state index in [0.717, 1.165) is 0 Å². The number of nitrogens with zero attached hydrogens (tertiary/aromatic N) is 1. The molecule has 8 heteroatoms. The van der Waals surface area contributed by atoms with Gasteiger partial charge in [-0.2, -0.15) is 0 Å². The summed E-state index contributed by atoms with van der Waals surface area (Å²) >= 11 is 0. The minimum Gasteiger partial charge on any atom is -0.457 e. The molecule has 0 unspecified atom stereocenters. The Morgan fingerprint density at radius 3 is 2.50 bits per heavy atom. The Hall–Kier alpha value is -4.20. The largest absolute Gasteiger partial charge is 0.457 e. The van der Waals surface area contributed by atoms with Crippen molar-refractivity contribution >= 4 is 23.6 Å². The third kappa shape index (κ3) is 5.91. The second-order valence-corrected chi connectivity index (χ2v) is 7.49. The normalized spacial score (nSPS) is 11.3. The first-order valence-electron chi connectivity index (χ1n) is 10.0. The highest BCUT2D eigenvalue weighted by molar-refractivity contribution is 6.05. The van der Waals surface area contributed by atoms with Crippen LogP contribution in [0.4, 0.5) is 5.69 Å². The zero-order valence-corrected chi connectivity index (χ0v) is 17.7. The Morgan fingerprint density at radius 1 is 1.06 bits per heavy atom. The summed E-state index contributed by atoms with van der Waals surface area (Å²) in [6.07, 6.45) is 1.43. The molecule has 0 aliphatic carbocycles. The van der Waals surface area contributed by atoms with Crippen LogP contribution in [-0.2, 0) is 4.79 Å². The van der Waals surface area contributed by atoms with Gasteiger partial charge >= 0.3 is 0 Å². The van der Waals surface area contributed by atoms with Crippen LogP contribution in [0.1, 0.15) is 30.0 Å². The van der Waals surface area contributed by atoms with Crippen molar-refractivity contribution in [3.63, 3.8) is 0 Å². The Labute approximate surface area is 185 Å². The lowest BCUT2D eigenvalue weighted by molar-refractivity contribution is -0.384. The molecule has 2 amide bonds. The predicted molar refractivity (Wildman–Crippen MR) is 121 cm³/mol. The number of benzene rings is 2. The van der Waals surface area contributed by atoms with Crippen molar-refractivity contribution in [2.45, 2.75) is 13.8 Å². The van der Waals surface area contributed by atoms with Crippen LogP contribution in [0.2, 0.25) is 0 Å². The van der Waals surface area contributed by atoms with Crippen molar-refractivity contribution in [1.82, 2.24) is 10.6 Å². The molecule has 3 aromatic rings. The quantitative estimate of drug-likeness (QED) is 0.310. The summed E-state index contributed by atoms with van der Waals surface area (Å²) in [5.41, 5.74) is 0.907. The van der Waals surface area contributed by atoms with Crippen molar-refractivity contribution in [2.24, 2.45) is 5.92 Å². The molecule has 0 aliphatic rings. The number of carbonyl (C=O) groups is 2. The first-order valence-corrected chi connectivity index (χ1v) is 10.0.